The first-order chi connectivity index (χ1) is 18.8. The second-order valence-electron chi connectivity index (χ2n) is 9.02. The van der Waals surface area contributed by atoms with E-state index in [2.05, 4.69) is 4.98 Å². The number of carbonyl (C=O) groups excluding carboxylic acids is 1. The minimum atomic E-state index is -0.957. The van der Waals surface area contributed by atoms with E-state index in [1.807, 2.05) is 79.7 Å². The number of likely N-dealkylation sites (N-methyl/N-ethyl adjacent to an activating group) is 1. The molecule has 2 atom stereocenters. The van der Waals surface area contributed by atoms with Crippen LogP contribution in [0.25, 0.3) is 11.1 Å². The molecule has 1 aromatic heterocycles. The monoisotopic (exact) mass is 528 g/mol. The molecule has 2 unspecified atom stereocenters. The molecule has 2 N–H and O–H groups in total. The number of carboxylic acid groups (broad SMARTS) is 1. The van der Waals surface area contributed by atoms with Gasteiger partial charge in [0.2, 0.25) is 5.91 Å². The minimum Gasteiger partial charge on any atom is -0.481 e. The van der Waals surface area contributed by atoms with E-state index in [4.69, 9.17) is 5.11 Å². The van der Waals surface area contributed by atoms with Crippen LogP contribution in [-0.4, -0.2) is 45.1 Å². The van der Waals surface area contributed by atoms with E-state index in [9.17, 15) is 19.1 Å². The van der Waals surface area contributed by atoms with Crippen LogP contribution < -0.4 is 0 Å². The number of hydrogen-bond acceptors (Lipinski definition) is 4. The third kappa shape index (κ3) is 8.06. The summed E-state index contributed by atoms with van der Waals surface area (Å²) in [7, 11) is 0. The van der Waals surface area contributed by atoms with Gasteiger partial charge in [-0.25, -0.2) is 4.39 Å². The summed E-state index contributed by atoms with van der Waals surface area (Å²) in [5.74, 6) is -2.62. The van der Waals surface area contributed by atoms with E-state index in [-0.39, 0.29) is 12.5 Å². The summed E-state index contributed by atoms with van der Waals surface area (Å²) in [6.45, 7) is 4.43. The first-order valence-corrected chi connectivity index (χ1v) is 12.8. The number of hydrogen-bond donors (Lipinski definition) is 2. The van der Waals surface area contributed by atoms with Crippen LogP contribution in [0.4, 0.5) is 4.39 Å². The molecule has 4 aromatic rings. The molecule has 1 amide bonds. The fourth-order valence-corrected chi connectivity index (χ4v) is 4.08. The summed E-state index contributed by atoms with van der Waals surface area (Å²) in [6, 6.07) is 26.9. The van der Waals surface area contributed by atoms with Gasteiger partial charge < -0.3 is 15.1 Å². The lowest BCUT2D eigenvalue weighted by Gasteiger charge is -2.25. The second-order valence-corrected chi connectivity index (χ2v) is 9.02. The standard InChI is InChI=1S/C17H20N2O2.C15H13FO2/c1-2-19(12-14-8-10-18-11-9-14)17(21)16(13-20)15-6-4-3-5-7-15;1-10(15(17)18)12-7-8-13(14(16)9-12)11-5-3-2-4-6-11/h3-11,16,20H,2,12-13H2,1H3;2-10H,1H3,(H,17,18). The number of aliphatic hydroxyl groups is 1. The van der Waals surface area contributed by atoms with Crippen molar-refractivity contribution in [3.05, 3.63) is 126 Å². The Morgan fingerprint density at radius 1 is 0.897 bits per heavy atom. The minimum absolute atomic E-state index is 0.0528. The number of aliphatic hydroxyl groups excluding tert-OH is 1. The lowest BCUT2D eigenvalue weighted by Crippen LogP contribution is -2.36. The predicted molar refractivity (Wildman–Crippen MR) is 149 cm³/mol. The molecule has 0 aliphatic rings. The molecule has 3 aromatic carbocycles. The van der Waals surface area contributed by atoms with Crippen LogP contribution in [-0.2, 0) is 16.1 Å². The molecule has 202 valence electrons. The first-order valence-electron chi connectivity index (χ1n) is 12.8. The maximum absolute atomic E-state index is 14.0. The number of halogens is 1. The first kappa shape index (κ1) is 29.2. The molecular formula is C32H33FN2O4. The van der Waals surface area contributed by atoms with Crippen LogP contribution in [0.5, 0.6) is 0 Å². The SMILES string of the molecule is CC(C(=O)O)c1ccc(-c2ccccc2)c(F)c1.CCN(Cc1ccncc1)C(=O)C(CO)c1ccccc1. The average Bonchev–Trinajstić information content (AvgIpc) is 2.97. The van der Waals surface area contributed by atoms with Crippen LogP contribution in [0, 0.1) is 5.82 Å². The number of benzene rings is 3. The summed E-state index contributed by atoms with van der Waals surface area (Å²) in [6.07, 6.45) is 3.43. The lowest BCUT2D eigenvalue weighted by molar-refractivity contribution is -0.138. The van der Waals surface area contributed by atoms with Gasteiger partial charge in [-0.2, -0.15) is 0 Å². The molecule has 7 heteroatoms. The highest BCUT2D eigenvalue weighted by atomic mass is 19.1. The molecule has 39 heavy (non-hydrogen) atoms. The number of aromatic nitrogens is 1. The Bertz CT molecular complexity index is 1330. The third-order valence-electron chi connectivity index (χ3n) is 6.45. The Hall–Kier alpha value is -4.36. The molecule has 0 radical (unpaired) electrons. The van der Waals surface area contributed by atoms with E-state index in [0.29, 0.717) is 24.2 Å². The number of carbonyl (C=O) groups is 2. The summed E-state index contributed by atoms with van der Waals surface area (Å²) in [4.78, 5) is 29.2. The predicted octanol–water partition coefficient (Wildman–Crippen LogP) is 5.89. The van der Waals surface area contributed by atoms with Crippen LogP contribution in [0.1, 0.15) is 42.4 Å². The molecule has 1 heterocycles. The lowest BCUT2D eigenvalue weighted by atomic mass is 9.97. The fourth-order valence-electron chi connectivity index (χ4n) is 4.08. The van der Waals surface area contributed by atoms with Gasteiger partial charge in [0.25, 0.3) is 0 Å². The molecule has 4 rings (SSSR count). The number of rotatable bonds is 9. The highest BCUT2D eigenvalue weighted by Gasteiger charge is 2.24. The maximum Gasteiger partial charge on any atom is 0.310 e. The van der Waals surface area contributed by atoms with E-state index in [0.717, 1.165) is 16.7 Å². The van der Waals surface area contributed by atoms with Gasteiger partial charge >= 0.3 is 5.97 Å². The summed E-state index contributed by atoms with van der Waals surface area (Å²) in [5.41, 5.74) is 3.62. The average molecular weight is 529 g/mol. The fraction of sp³-hybridized carbons (Fsp3) is 0.219. The number of nitrogens with zero attached hydrogens (tertiary/aromatic N) is 2. The van der Waals surface area contributed by atoms with Gasteiger partial charge in [-0.05, 0) is 54.3 Å². The van der Waals surface area contributed by atoms with Crippen molar-refractivity contribution in [2.45, 2.75) is 32.2 Å². The normalized spacial score (nSPS) is 12.0. The van der Waals surface area contributed by atoms with Crippen molar-refractivity contribution in [3.63, 3.8) is 0 Å². The number of pyridine rings is 1. The zero-order valence-corrected chi connectivity index (χ0v) is 22.1. The van der Waals surface area contributed by atoms with Gasteiger partial charge in [0.15, 0.2) is 0 Å². The highest BCUT2D eigenvalue weighted by molar-refractivity contribution is 5.84. The van der Waals surface area contributed by atoms with Crippen LogP contribution >= 0.6 is 0 Å². The topological polar surface area (TPSA) is 90.7 Å². The molecule has 0 aliphatic carbocycles. The Labute approximate surface area is 228 Å². The van der Waals surface area contributed by atoms with Gasteiger partial charge in [0, 0.05) is 31.0 Å². The highest BCUT2D eigenvalue weighted by Crippen LogP contribution is 2.26. The van der Waals surface area contributed by atoms with E-state index < -0.39 is 23.6 Å². The maximum atomic E-state index is 14.0. The van der Waals surface area contributed by atoms with Crippen LogP contribution in [0.15, 0.2) is 103 Å². The second kappa shape index (κ2) is 14.5. The van der Waals surface area contributed by atoms with Gasteiger partial charge in [0.1, 0.15) is 5.82 Å². The summed E-state index contributed by atoms with van der Waals surface area (Å²) < 4.78 is 14.0. The van der Waals surface area contributed by atoms with Crippen molar-refractivity contribution >= 4 is 11.9 Å². The number of amides is 1. The zero-order valence-electron chi connectivity index (χ0n) is 22.1. The van der Waals surface area contributed by atoms with Crippen molar-refractivity contribution in [1.82, 2.24) is 9.88 Å². The van der Waals surface area contributed by atoms with Crippen LogP contribution in [0.3, 0.4) is 0 Å². The molecule has 0 saturated heterocycles. The van der Waals surface area contributed by atoms with Crippen molar-refractivity contribution < 1.29 is 24.2 Å². The molecule has 0 spiro atoms. The van der Waals surface area contributed by atoms with Gasteiger partial charge in [0.05, 0.1) is 18.4 Å². The van der Waals surface area contributed by atoms with E-state index >= 15 is 0 Å². The molecular weight excluding hydrogens is 495 g/mol. The Kier molecular flexibility index (Phi) is 10.9. The zero-order chi connectivity index (χ0) is 28.2. The van der Waals surface area contributed by atoms with Gasteiger partial charge in [-0.1, -0.05) is 72.8 Å². The van der Waals surface area contributed by atoms with E-state index in [1.54, 1.807) is 36.4 Å². The summed E-state index contributed by atoms with van der Waals surface area (Å²) in [5, 5.41) is 18.5. The smallest absolute Gasteiger partial charge is 0.310 e. The molecule has 0 fully saturated rings. The molecule has 0 aliphatic heterocycles. The molecule has 6 nitrogen and oxygen atoms in total. The summed E-state index contributed by atoms with van der Waals surface area (Å²) >= 11 is 0. The van der Waals surface area contributed by atoms with Crippen molar-refractivity contribution in [1.29, 1.82) is 0 Å². The quantitative estimate of drug-likeness (QED) is 0.283. The molecule has 0 saturated carbocycles. The number of carboxylic acids is 1. The molecule has 0 bridgehead atoms. The van der Waals surface area contributed by atoms with Gasteiger partial charge in [-0.15, -0.1) is 0 Å². The van der Waals surface area contributed by atoms with Crippen molar-refractivity contribution in [3.8, 4) is 11.1 Å². The largest absolute Gasteiger partial charge is 0.481 e. The third-order valence-corrected chi connectivity index (χ3v) is 6.45. The Morgan fingerprint density at radius 2 is 1.51 bits per heavy atom. The number of aliphatic carboxylic acids is 1. The van der Waals surface area contributed by atoms with Gasteiger partial charge in [-0.3, -0.25) is 14.6 Å². The van der Waals surface area contributed by atoms with Crippen molar-refractivity contribution in [2.24, 2.45) is 0 Å². The van der Waals surface area contributed by atoms with Crippen LogP contribution in [0.2, 0.25) is 0 Å². The Morgan fingerprint density at radius 3 is 2.05 bits per heavy atom. The van der Waals surface area contributed by atoms with Crippen molar-refractivity contribution in [2.75, 3.05) is 13.2 Å². The van der Waals surface area contributed by atoms with E-state index in [1.165, 1.54) is 6.07 Å². The Balaban J connectivity index is 0.000000218.